The van der Waals surface area contributed by atoms with Crippen LogP contribution in [0.3, 0.4) is 0 Å². The maximum absolute atomic E-state index is 12.5. The number of halogens is 4. The Labute approximate surface area is 143 Å². The van der Waals surface area contributed by atoms with Gasteiger partial charge in [-0.2, -0.15) is 18.2 Å². The fraction of sp³-hybridized carbons (Fsp3) is 0.214. The number of anilines is 1. The number of nitrogens with zero attached hydrogens (tertiary/aromatic N) is 3. The van der Waals surface area contributed by atoms with Crippen molar-refractivity contribution >= 4 is 28.1 Å². The van der Waals surface area contributed by atoms with Gasteiger partial charge < -0.3 is 9.84 Å². The number of hydrogen-bond acceptors (Lipinski definition) is 6. The van der Waals surface area contributed by atoms with Gasteiger partial charge in [0.15, 0.2) is 5.13 Å². The molecule has 0 amide bonds. The molecule has 0 aliphatic heterocycles. The van der Waals surface area contributed by atoms with E-state index >= 15 is 0 Å². The fourth-order valence-electron chi connectivity index (χ4n) is 1.86. The van der Waals surface area contributed by atoms with Crippen molar-refractivity contribution < 1.29 is 17.7 Å². The van der Waals surface area contributed by atoms with Crippen LogP contribution in [0.1, 0.15) is 10.8 Å². The van der Waals surface area contributed by atoms with E-state index in [-0.39, 0.29) is 5.13 Å². The SMILES string of the molecule is FC(F)(F)c1cnc(NCCc2nc(-c3cccc(Cl)c3)no2)s1. The Morgan fingerprint density at radius 1 is 1.29 bits per heavy atom. The van der Waals surface area contributed by atoms with Gasteiger partial charge >= 0.3 is 6.18 Å². The van der Waals surface area contributed by atoms with E-state index in [2.05, 4.69) is 20.4 Å². The van der Waals surface area contributed by atoms with Gasteiger partial charge in [-0.1, -0.05) is 40.2 Å². The van der Waals surface area contributed by atoms with Crippen LogP contribution in [-0.4, -0.2) is 21.7 Å². The van der Waals surface area contributed by atoms with E-state index in [4.69, 9.17) is 16.1 Å². The predicted molar refractivity (Wildman–Crippen MR) is 84.1 cm³/mol. The molecule has 0 unspecified atom stereocenters. The van der Waals surface area contributed by atoms with E-state index in [1.54, 1.807) is 24.3 Å². The second kappa shape index (κ2) is 6.78. The van der Waals surface area contributed by atoms with E-state index in [9.17, 15) is 13.2 Å². The van der Waals surface area contributed by atoms with Gasteiger partial charge in [0.1, 0.15) is 4.88 Å². The molecule has 0 spiro atoms. The summed E-state index contributed by atoms with van der Waals surface area (Å²) < 4.78 is 42.6. The highest BCUT2D eigenvalue weighted by Gasteiger charge is 2.33. The first-order valence-electron chi connectivity index (χ1n) is 6.77. The minimum absolute atomic E-state index is 0.192. The Hall–Kier alpha value is -2.13. The molecule has 1 aromatic carbocycles. The van der Waals surface area contributed by atoms with Crippen LogP contribution >= 0.6 is 22.9 Å². The Morgan fingerprint density at radius 2 is 2.12 bits per heavy atom. The standard InChI is InChI=1S/C14H10ClF3N4OS/c15-9-3-1-2-8(6-9)12-21-11(23-22-12)4-5-19-13-20-7-10(24-13)14(16,17)18/h1-3,6-7H,4-5H2,(H,19,20). The molecule has 0 saturated heterocycles. The van der Waals surface area contributed by atoms with Gasteiger partial charge in [0.25, 0.3) is 0 Å². The third-order valence-corrected chi connectivity index (χ3v) is 4.19. The minimum atomic E-state index is -4.38. The molecule has 2 heterocycles. The summed E-state index contributed by atoms with van der Waals surface area (Å²) in [7, 11) is 0. The van der Waals surface area contributed by atoms with Crippen LogP contribution < -0.4 is 5.32 Å². The van der Waals surface area contributed by atoms with Crippen LogP contribution in [-0.2, 0) is 12.6 Å². The fourth-order valence-corrected chi connectivity index (χ4v) is 2.76. The average molecular weight is 375 g/mol. The smallest absolute Gasteiger partial charge is 0.361 e. The predicted octanol–water partition coefficient (Wildman–Crippen LogP) is 4.52. The lowest BCUT2D eigenvalue weighted by molar-refractivity contribution is -0.134. The normalized spacial score (nSPS) is 11.7. The van der Waals surface area contributed by atoms with Gasteiger partial charge in [-0.15, -0.1) is 0 Å². The molecule has 10 heteroatoms. The summed E-state index contributed by atoms with van der Waals surface area (Å²) in [5, 5.41) is 7.41. The maximum Gasteiger partial charge on any atom is 0.427 e. The lowest BCUT2D eigenvalue weighted by Crippen LogP contribution is -2.04. The molecule has 0 atom stereocenters. The summed E-state index contributed by atoms with van der Waals surface area (Å²) in [5.41, 5.74) is 0.722. The lowest BCUT2D eigenvalue weighted by atomic mass is 10.2. The quantitative estimate of drug-likeness (QED) is 0.711. The van der Waals surface area contributed by atoms with Crippen molar-refractivity contribution in [3.05, 3.63) is 46.3 Å². The molecular weight excluding hydrogens is 365 g/mol. The number of rotatable bonds is 5. The third-order valence-electron chi connectivity index (χ3n) is 2.95. The highest BCUT2D eigenvalue weighted by molar-refractivity contribution is 7.15. The second-order valence-electron chi connectivity index (χ2n) is 4.73. The number of hydrogen-bond donors (Lipinski definition) is 1. The van der Waals surface area contributed by atoms with E-state index in [1.807, 2.05) is 0 Å². The molecule has 2 aromatic heterocycles. The highest BCUT2D eigenvalue weighted by atomic mass is 35.5. The van der Waals surface area contributed by atoms with Crippen molar-refractivity contribution in [3.8, 4) is 11.4 Å². The van der Waals surface area contributed by atoms with Gasteiger partial charge in [-0.3, -0.25) is 0 Å². The zero-order chi connectivity index (χ0) is 17.2. The number of thiazole rings is 1. The van der Waals surface area contributed by atoms with E-state index in [0.29, 0.717) is 41.0 Å². The zero-order valence-corrected chi connectivity index (χ0v) is 13.5. The first-order valence-corrected chi connectivity index (χ1v) is 7.97. The molecule has 5 nitrogen and oxygen atoms in total. The molecule has 24 heavy (non-hydrogen) atoms. The summed E-state index contributed by atoms with van der Waals surface area (Å²) in [6, 6.07) is 7.02. The molecule has 0 radical (unpaired) electrons. The Balaban J connectivity index is 1.57. The molecule has 3 aromatic rings. The summed E-state index contributed by atoms with van der Waals surface area (Å²) in [4.78, 5) is 7.16. The molecule has 0 saturated carbocycles. The number of nitrogens with one attached hydrogen (secondary N) is 1. The summed E-state index contributed by atoms with van der Waals surface area (Å²) in [6.45, 7) is 0.321. The van der Waals surface area contributed by atoms with Gasteiger partial charge in [-0.25, -0.2) is 4.98 Å². The van der Waals surface area contributed by atoms with Crippen molar-refractivity contribution in [2.75, 3.05) is 11.9 Å². The highest BCUT2D eigenvalue weighted by Crippen LogP contribution is 2.34. The van der Waals surface area contributed by atoms with Crippen molar-refractivity contribution in [2.24, 2.45) is 0 Å². The van der Waals surface area contributed by atoms with E-state index < -0.39 is 11.1 Å². The van der Waals surface area contributed by atoms with Crippen molar-refractivity contribution in [1.29, 1.82) is 0 Å². The summed E-state index contributed by atoms with van der Waals surface area (Å²) >= 11 is 6.46. The number of alkyl halides is 3. The van der Waals surface area contributed by atoms with Gasteiger partial charge in [0.05, 0.1) is 6.20 Å². The van der Waals surface area contributed by atoms with Crippen LogP contribution in [0.2, 0.25) is 5.02 Å². The number of benzene rings is 1. The molecule has 0 aliphatic carbocycles. The van der Waals surface area contributed by atoms with Crippen molar-refractivity contribution in [1.82, 2.24) is 15.1 Å². The van der Waals surface area contributed by atoms with Crippen molar-refractivity contribution in [3.63, 3.8) is 0 Å². The van der Waals surface area contributed by atoms with Gasteiger partial charge in [0.2, 0.25) is 11.7 Å². The summed E-state index contributed by atoms with van der Waals surface area (Å²) in [5.74, 6) is 0.770. The van der Waals surface area contributed by atoms with E-state index in [1.165, 1.54) is 0 Å². The van der Waals surface area contributed by atoms with Gasteiger partial charge in [0, 0.05) is 23.6 Å². The van der Waals surface area contributed by atoms with E-state index in [0.717, 1.165) is 11.8 Å². The summed E-state index contributed by atoms with van der Waals surface area (Å²) in [6.07, 6.45) is -3.22. The topological polar surface area (TPSA) is 63.8 Å². The average Bonchev–Trinajstić information content (AvgIpc) is 3.16. The molecule has 1 N–H and O–H groups in total. The maximum atomic E-state index is 12.5. The minimum Gasteiger partial charge on any atom is -0.361 e. The largest absolute Gasteiger partial charge is 0.427 e. The lowest BCUT2D eigenvalue weighted by Gasteiger charge is -2.00. The first-order chi connectivity index (χ1) is 11.4. The Bertz CT molecular complexity index is 833. The first kappa shape index (κ1) is 16.7. The molecule has 126 valence electrons. The van der Waals surface area contributed by atoms with Crippen LogP contribution in [0, 0.1) is 0 Å². The number of aromatic nitrogens is 3. The van der Waals surface area contributed by atoms with Crippen molar-refractivity contribution in [2.45, 2.75) is 12.6 Å². The van der Waals surface area contributed by atoms with Crippen LogP contribution in [0.15, 0.2) is 35.0 Å². The van der Waals surface area contributed by atoms with Crippen LogP contribution in [0.4, 0.5) is 18.3 Å². The molecule has 3 rings (SSSR count). The third kappa shape index (κ3) is 4.04. The zero-order valence-electron chi connectivity index (χ0n) is 12.0. The molecular formula is C14H10ClF3N4OS. The second-order valence-corrected chi connectivity index (χ2v) is 6.19. The monoisotopic (exact) mass is 374 g/mol. The van der Waals surface area contributed by atoms with Crippen LogP contribution in [0.5, 0.6) is 0 Å². The Morgan fingerprint density at radius 3 is 2.83 bits per heavy atom. The molecule has 0 fully saturated rings. The van der Waals surface area contributed by atoms with Crippen LogP contribution in [0.25, 0.3) is 11.4 Å². The van der Waals surface area contributed by atoms with Gasteiger partial charge in [-0.05, 0) is 12.1 Å². The molecule has 0 bridgehead atoms. The molecule has 0 aliphatic rings. The Kier molecular flexibility index (Phi) is 4.72.